The van der Waals surface area contributed by atoms with Crippen LogP contribution >= 0.6 is 0 Å². The van der Waals surface area contributed by atoms with Crippen LogP contribution in [0.4, 0.5) is 0 Å². The van der Waals surface area contributed by atoms with Crippen LogP contribution in [0.3, 0.4) is 0 Å². The zero-order valence-electron chi connectivity index (χ0n) is 22.5. The molecule has 0 aliphatic heterocycles. The summed E-state index contributed by atoms with van der Waals surface area (Å²) >= 11 is 0. The largest absolute Gasteiger partial charge is 0.493 e. The number of rotatable bonds is 9. The van der Waals surface area contributed by atoms with E-state index in [0.29, 0.717) is 17.2 Å². The van der Waals surface area contributed by atoms with Gasteiger partial charge in [-0.25, -0.2) is 14.4 Å². The van der Waals surface area contributed by atoms with Crippen LogP contribution in [-0.4, -0.2) is 75.9 Å². The molecule has 0 saturated carbocycles. The second-order valence-electron chi connectivity index (χ2n) is 7.04. The number of ether oxygens (including phenoxy) is 6. The summed E-state index contributed by atoms with van der Waals surface area (Å²) in [6.45, 7) is 0. The van der Waals surface area contributed by atoms with Crippen molar-refractivity contribution in [2.24, 2.45) is 0 Å². The van der Waals surface area contributed by atoms with Crippen LogP contribution in [0.15, 0.2) is 54.6 Å². The molecule has 0 amide bonds. The van der Waals surface area contributed by atoms with Gasteiger partial charge in [0.1, 0.15) is 16.7 Å². The molecule has 40 heavy (non-hydrogen) atoms. The van der Waals surface area contributed by atoms with Crippen molar-refractivity contribution in [1.82, 2.24) is 0 Å². The van der Waals surface area contributed by atoms with E-state index in [1.54, 1.807) is 36.4 Å². The number of aromatic carboxylic acids is 3. The van der Waals surface area contributed by atoms with Gasteiger partial charge in [0.25, 0.3) is 0 Å². The summed E-state index contributed by atoms with van der Waals surface area (Å²) in [5, 5.41) is 26.3. The number of carboxylic acid groups (broad SMARTS) is 3. The van der Waals surface area contributed by atoms with Gasteiger partial charge in [-0.15, -0.1) is 0 Å². The quantitative estimate of drug-likeness (QED) is 0.290. The Morgan fingerprint density at radius 2 is 0.675 bits per heavy atom. The van der Waals surface area contributed by atoms with E-state index in [0.717, 1.165) is 0 Å². The molecular weight excluding hydrogens is 684 g/mol. The molecule has 3 aromatic rings. The first-order valence-electron chi connectivity index (χ1n) is 10.9. The van der Waals surface area contributed by atoms with Gasteiger partial charge in [0.15, 0.2) is 34.5 Å². The van der Waals surface area contributed by atoms with E-state index < -0.39 is 17.9 Å². The summed E-state index contributed by atoms with van der Waals surface area (Å²) in [5.41, 5.74) is 0.297. The minimum Gasteiger partial charge on any atom is -0.493 e. The first-order chi connectivity index (χ1) is 18.6. The van der Waals surface area contributed by atoms with Crippen molar-refractivity contribution in [2.75, 3.05) is 42.7 Å². The number of hydrogen-bond acceptors (Lipinski definition) is 9. The standard InChI is InChI=1S/3C9H10O4.Er/c3*1-12-7-5-3-4-6(9(10)11)8(7)13-2;/h3*3-5H,1-2H3,(H,10,11);. The summed E-state index contributed by atoms with van der Waals surface area (Å²) in [7, 11) is 8.61. The molecule has 0 aliphatic rings. The van der Waals surface area contributed by atoms with Gasteiger partial charge in [0.2, 0.25) is 0 Å². The molecule has 0 aliphatic carbocycles. The van der Waals surface area contributed by atoms with Crippen molar-refractivity contribution < 1.29 is 95.4 Å². The smallest absolute Gasteiger partial charge is 0.339 e. The zero-order chi connectivity index (χ0) is 29.5. The van der Waals surface area contributed by atoms with Gasteiger partial charge in [-0.05, 0) is 36.4 Å². The van der Waals surface area contributed by atoms with Crippen molar-refractivity contribution >= 4 is 17.9 Å². The Bertz CT molecular complexity index is 1120. The molecule has 3 N–H and O–H groups in total. The maximum atomic E-state index is 10.7. The summed E-state index contributed by atoms with van der Waals surface area (Å²) in [6, 6.07) is 14.1. The molecule has 13 heteroatoms. The van der Waals surface area contributed by atoms with E-state index in [4.69, 9.17) is 43.7 Å². The molecule has 0 aromatic heterocycles. The van der Waals surface area contributed by atoms with Crippen molar-refractivity contribution in [3.05, 3.63) is 71.3 Å². The third-order valence-corrected chi connectivity index (χ3v) is 4.90. The molecule has 3 aromatic carbocycles. The van der Waals surface area contributed by atoms with E-state index in [-0.39, 0.29) is 71.2 Å². The van der Waals surface area contributed by atoms with Crippen LogP contribution < -0.4 is 28.4 Å². The summed E-state index contributed by atoms with van der Waals surface area (Å²) < 4.78 is 29.6. The number of para-hydroxylation sites is 3. The van der Waals surface area contributed by atoms with Crippen molar-refractivity contribution in [1.29, 1.82) is 0 Å². The zero-order valence-corrected chi connectivity index (χ0v) is 24.4. The van der Waals surface area contributed by atoms with Gasteiger partial charge < -0.3 is 43.7 Å². The second kappa shape index (κ2) is 18.4. The number of methoxy groups -OCH3 is 6. The maximum Gasteiger partial charge on any atom is 0.339 e. The molecule has 0 atom stereocenters. The predicted octanol–water partition coefficient (Wildman–Crippen LogP) is 4.21. The first kappa shape index (κ1) is 36.1. The molecule has 12 nitrogen and oxygen atoms in total. The molecule has 0 heterocycles. The third kappa shape index (κ3) is 9.70. The minimum absolute atomic E-state index is 0. The van der Waals surface area contributed by atoms with Gasteiger partial charge in [-0.3, -0.25) is 0 Å². The molecular formula is C27H30ErO12. The van der Waals surface area contributed by atoms with Gasteiger partial charge >= 0.3 is 17.9 Å². The maximum absolute atomic E-state index is 10.7. The monoisotopic (exact) mass is 712 g/mol. The molecule has 222 valence electrons. The van der Waals surface area contributed by atoms with Gasteiger partial charge in [-0.1, -0.05) is 18.2 Å². The molecule has 0 fully saturated rings. The SMILES string of the molecule is COc1cccc(C(=O)O)c1OC.COc1cccc(C(=O)O)c1OC.COc1cccc(C(=O)O)c1OC.[Er]. The van der Waals surface area contributed by atoms with Crippen molar-refractivity contribution in [3.63, 3.8) is 0 Å². The fraction of sp³-hybridized carbons (Fsp3) is 0.222. The van der Waals surface area contributed by atoms with E-state index in [9.17, 15) is 14.4 Å². The topological polar surface area (TPSA) is 167 Å². The van der Waals surface area contributed by atoms with Crippen LogP contribution in [0.1, 0.15) is 31.1 Å². The van der Waals surface area contributed by atoms with Gasteiger partial charge in [0.05, 0.1) is 42.7 Å². The summed E-state index contributed by atoms with van der Waals surface area (Å²) in [5.74, 6) is -1.10. The summed E-state index contributed by atoms with van der Waals surface area (Å²) in [6.07, 6.45) is 0. The fourth-order valence-corrected chi connectivity index (χ4v) is 3.17. The Morgan fingerprint density at radius 1 is 0.450 bits per heavy atom. The Balaban J connectivity index is 0.000000563. The average Bonchev–Trinajstić information content (AvgIpc) is 2.95. The number of carbonyl (C=O) groups is 3. The number of hydrogen-bond donors (Lipinski definition) is 3. The van der Waals surface area contributed by atoms with Gasteiger partial charge in [-0.2, -0.15) is 0 Å². The van der Waals surface area contributed by atoms with Crippen LogP contribution in [0.25, 0.3) is 0 Å². The second-order valence-corrected chi connectivity index (χ2v) is 7.04. The summed E-state index contributed by atoms with van der Waals surface area (Å²) in [4.78, 5) is 32.1. The van der Waals surface area contributed by atoms with Crippen molar-refractivity contribution in [2.45, 2.75) is 0 Å². The Kier molecular flexibility index (Phi) is 16.6. The van der Waals surface area contributed by atoms with Crippen molar-refractivity contribution in [3.8, 4) is 34.5 Å². The average molecular weight is 714 g/mol. The predicted molar refractivity (Wildman–Crippen MR) is 140 cm³/mol. The molecule has 0 bridgehead atoms. The van der Waals surface area contributed by atoms with Crippen LogP contribution in [-0.2, 0) is 0 Å². The van der Waals surface area contributed by atoms with Crippen LogP contribution in [0.2, 0.25) is 0 Å². The molecule has 0 unspecified atom stereocenters. The van der Waals surface area contributed by atoms with E-state index in [1.165, 1.54) is 60.9 Å². The third-order valence-electron chi connectivity index (χ3n) is 4.90. The minimum atomic E-state index is -1.03. The normalized spacial score (nSPS) is 9.15. The fourth-order valence-electron chi connectivity index (χ4n) is 3.17. The van der Waals surface area contributed by atoms with Gasteiger partial charge in [0, 0.05) is 37.3 Å². The van der Waals surface area contributed by atoms with E-state index >= 15 is 0 Å². The Labute approximate surface area is 260 Å². The molecule has 0 spiro atoms. The van der Waals surface area contributed by atoms with Crippen LogP contribution in [0.5, 0.6) is 34.5 Å². The number of benzene rings is 3. The number of carboxylic acids is 3. The van der Waals surface area contributed by atoms with Crippen LogP contribution in [0, 0.1) is 37.3 Å². The van der Waals surface area contributed by atoms with E-state index in [1.807, 2.05) is 0 Å². The molecule has 3 rings (SSSR count). The Morgan fingerprint density at radius 3 is 0.825 bits per heavy atom. The Hall–Kier alpha value is -3.88. The van der Waals surface area contributed by atoms with E-state index in [2.05, 4.69) is 0 Å². The molecule has 0 saturated heterocycles. The first-order valence-corrected chi connectivity index (χ1v) is 10.9. The molecule has 0 radical (unpaired) electrons.